The van der Waals surface area contributed by atoms with Gasteiger partial charge in [-0.2, -0.15) is 0 Å². The molecule has 0 spiro atoms. The molecule has 1 saturated carbocycles. The molecule has 0 heterocycles. The van der Waals surface area contributed by atoms with Crippen LogP contribution in [0.5, 0.6) is 0 Å². The third-order valence-electron chi connectivity index (χ3n) is 6.92. The Hall–Kier alpha value is 0. The summed E-state index contributed by atoms with van der Waals surface area (Å²) < 4.78 is 0. The van der Waals surface area contributed by atoms with E-state index in [0.29, 0.717) is 16.2 Å². The zero-order valence-corrected chi connectivity index (χ0v) is 12.2. The van der Waals surface area contributed by atoms with Crippen molar-refractivity contribution in [1.29, 1.82) is 0 Å². The van der Waals surface area contributed by atoms with Gasteiger partial charge >= 0.3 is 0 Å². The Kier molecular flexibility index (Phi) is 2.83. The van der Waals surface area contributed by atoms with Gasteiger partial charge in [-0.05, 0) is 34.0 Å². The molecule has 1 fully saturated rings. The number of rotatable bonds is 0. The average Bonchev–Trinajstić information content (AvgIpc) is 2.12. The van der Waals surface area contributed by atoms with E-state index >= 15 is 0 Å². The normalized spacial score (nSPS) is 42.6. The lowest BCUT2D eigenvalue weighted by Crippen LogP contribution is -2.57. The highest BCUT2D eigenvalue weighted by Crippen LogP contribution is 2.63. The van der Waals surface area contributed by atoms with Crippen molar-refractivity contribution in [2.75, 3.05) is 0 Å². The SMILES string of the molecule is CC1C(C)C(C)(C)C(C)(C)C(C)C1(C)C. The highest BCUT2D eigenvalue weighted by atomic mass is 14.6. The Morgan fingerprint density at radius 2 is 1.00 bits per heavy atom. The third kappa shape index (κ3) is 1.47. The van der Waals surface area contributed by atoms with Crippen LogP contribution in [-0.4, -0.2) is 0 Å². The molecule has 0 aliphatic heterocycles. The Morgan fingerprint density at radius 3 is 1.40 bits per heavy atom. The van der Waals surface area contributed by atoms with E-state index in [1.54, 1.807) is 0 Å². The van der Waals surface area contributed by atoms with Crippen molar-refractivity contribution >= 4 is 0 Å². The molecule has 0 aromatic carbocycles. The monoisotopic (exact) mass is 210 g/mol. The fraction of sp³-hybridized carbons (Fsp3) is 1.00. The van der Waals surface area contributed by atoms with Crippen molar-refractivity contribution in [2.45, 2.75) is 62.3 Å². The molecule has 0 nitrogen and oxygen atoms in total. The Morgan fingerprint density at radius 1 is 0.600 bits per heavy atom. The van der Waals surface area contributed by atoms with Gasteiger partial charge in [-0.3, -0.25) is 0 Å². The molecule has 0 heteroatoms. The Balaban J connectivity index is 3.24. The summed E-state index contributed by atoms with van der Waals surface area (Å²) in [5.74, 6) is 2.36. The maximum Gasteiger partial charge on any atom is -0.0269 e. The molecule has 15 heavy (non-hydrogen) atoms. The molecule has 0 amide bonds. The molecule has 0 radical (unpaired) electrons. The molecule has 0 aromatic heterocycles. The van der Waals surface area contributed by atoms with Crippen molar-refractivity contribution in [3.8, 4) is 0 Å². The first-order valence-electron chi connectivity index (χ1n) is 6.47. The average molecular weight is 210 g/mol. The lowest BCUT2D eigenvalue weighted by molar-refractivity contribution is -0.148. The van der Waals surface area contributed by atoms with Gasteiger partial charge in [-0.15, -0.1) is 0 Å². The zero-order chi connectivity index (χ0) is 12.2. The summed E-state index contributed by atoms with van der Waals surface area (Å²) in [6.07, 6.45) is 0. The van der Waals surface area contributed by atoms with Crippen molar-refractivity contribution < 1.29 is 0 Å². The fourth-order valence-corrected chi connectivity index (χ4v) is 3.74. The Bertz CT molecular complexity index is 245. The first kappa shape index (κ1) is 13.1. The van der Waals surface area contributed by atoms with Crippen LogP contribution in [0.1, 0.15) is 62.3 Å². The van der Waals surface area contributed by atoms with Gasteiger partial charge < -0.3 is 0 Å². The van der Waals surface area contributed by atoms with Crippen LogP contribution in [-0.2, 0) is 0 Å². The lowest BCUT2D eigenvalue weighted by Gasteiger charge is -2.63. The van der Waals surface area contributed by atoms with Gasteiger partial charge in [0.25, 0.3) is 0 Å². The highest BCUT2D eigenvalue weighted by molar-refractivity contribution is 5.05. The van der Waals surface area contributed by atoms with Gasteiger partial charge in [0.2, 0.25) is 0 Å². The summed E-state index contributed by atoms with van der Waals surface area (Å²) in [6, 6.07) is 0. The van der Waals surface area contributed by atoms with Crippen LogP contribution < -0.4 is 0 Å². The molecule has 3 unspecified atom stereocenters. The maximum atomic E-state index is 2.46. The number of hydrogen-bond donors (Lipinski definition) is 0. The quantitative estimate of drug-likeness (QED) is 0.528. The zero-order valence-electron chi connectivity index (χ0n) is 12.2. The van der Waals surface area contributed by atoms with E-state index in [1.165, 1.54) is 0 Å². The van der Waals surface area contributed by atoms with E-state index in [2.05, 4.69) is 62.3 Å². The summed E-state index contributed by atoms with van der Waals surface area (Å²) in [5.41, 5.74) is 1.31. The summed E-state index contributed by atoms with van der Waals surface area (Å²) in [6.45, 7) is 22.1. The minimum atomic E-state index is 0.419. The van der Waals surface area contributed by atoms with E-state index in [4.69, 9.17) is 0 Å². The van der Waals surface area contributed by atoms with Gasteiger partial charge in [-0.1, -0.05) is 62.3 Å². The van der Waals surface area contributed by atoms with Crippen molar-refractivity contribution in [3.05, 3.63) is 0 Å². The van der Waals surface area contributed by atoms with E-state index < -0.39 is 0 Å². The van der Waals surface area contributed by atoms with E-state index in [9.17, 15) is 0 Å². The molecule has 3 atom stereocenters. The summed E-state index contributed by atoms with van der Waals surface area (Å²) in [5, 5.41) is 0. The van der Waals surface area contributed by atoms with E-state index in [0.717, 1.165) is 17.8 Å². The lowest BCUT2D eigenvalue weighted by atomic mass is 9.42. The predicted molar refractivity (Wildman–Crippen MR) is 68.8 cm³/mol. The molecule has 0 aromatic rings. The number of hydrogen-bond acceptors (Lipinski definition) is 0. The van der Waals surface area contributed by atoms with Gasteiger partial charge in [-0.25, -0.2) is 0 Å². The molecule has 1 aliphatic carbocycles. The van der Waals surface area contributed by atoms with E-state index in [-0.39, 0.29) is 0 Å². The molecule has 0 bridgehead atoms. The van der Waals surface area contributed by atoms with E-state index in [1.807, 2.05) is 0 Å². The van der Waals surface area contributed by atoms with Gasteiger partial charge in [0.05, 0.1) is 0 Å². The van der Waals surface area contributed by atoms with Crippen molar-refractivity contribution in [2.24, 2.45) is 34.0 Å². The van der Waals surface area contributed by atoms with Crippen LogP contribution in [0, 0.1) is 34.0 Å². The fourth-order valence-electron chi connectivity index (χ4n) is 3.74. The van der Waals surface area contributed by atoms with Gasteiger partial charge in [0.15, 0.2) is 0 Å². The van der Waals surface area contributed by atoms with Crippen LogP contribution in [0.3, 0.4) is 0 Å². The highest BCUT2D eigenvalue weighted by Gasteiger charge is 2.57. The predicted octanol–water partition coefficient (Wildman–Crippen LogP) is 4.99. The molecular weight excluding hydrogens is 180 g/mol. The molecule has 1 rings (SSSR count). The van der Waals surface area contributed by atoms with Crippen molar-refractivity contribution in [3.63, 3.8) is 0 Å². The van der Waals surface area contributed by atoms with Crippen LogP contribution in [0.2, 0.25) is 0 Å². The molecule has 1 aliphatic rings. The topological polar surface area (TPSA) is 0 Å². The largest absolute Gasteiger partial charge is 0.0617 e. The second kappa shape index (κ2) is 3.25. The second-order valence-electron chi connectivity index (χ2n) is 7.56. The minimum Gasteiger partial charge on any atom is -0.0617 e. The molecular formula is C15H30. The van der Waals surface area contributed by atoms with Gasteiger partial charge in [0.1, 0.15) is 0 Å². The molecule has 0 N–H and O–H groups in total. The van der Waals surface area contributed by atoms with Crippen molar-refractivity contribution in [1.82, 2.24) is 0 Å². The molecule has 90 valence electrons. The smallest absolute Gasteiger partial charge is 0.0269 e. The van der Waals surface area contributed by atoms with Crippen LogP contribution in [0.25, 0.3) is 0 Å². The van der Waals surface area contributed by atoms with Crippen LogP contribution >= 0.6 is 0 Å². The summed E-state index contributed by atoms with van der Waals surface area (Å²) >= 11 is 0. The summed E-state index contributed by atoms with van der Waals surface area (Å²) in [4.78, 5) is 0. The third-order valence-corrected chi connectivity index (χ3v) is 6.92. The van der Waals surface area contributed by atoms with Crippen LogP contribution in [0.4, 0.5) is 0 Å². The summed E-state index contributed by atoms with van der Waals surface area (Å²) in [7, 11) is 0. The first-order valence-corrected chi connectivity index (χ1v) is 6.47. The Labute approximate surface area is 96.8 Å². The molecule has 0 saturated heterocycles. The second-order valence-corrected chi connectivity index (χ2v) is 7.56. The first-order chi connectivity index (χ1) is 6.47. The van der Waals surface area contributed by atoms with Gasteiger partial charge in [0, 0.05) is 0 Å². The maximum absolute atomic E-state index is 2.46. The minimum absolute atomic E-state index is 0.419. The van der Waals surface area contributed by atoms with Crippen LogP contribution in [0.15, 0.2) is 0 Å². The standard InChI is InChI=1S/C15H30/c1-10-11(2)14(6,7)15(8,9)12(3)13(10,4)5/h10-12H,1-9H3.